The number of nitriles is 2. The van der Waals surface area contributed by atoms with E-state index in [1.54, 1.807) is 24.3 Å². The van der Waals surface area contributed by atoms with Crippen LogP contribution < -0.4 is 10.9 Å². The van der Waals surface area contributed by atoms with Gasteiger partial charge in [-0.25, -0.2) is 10.9 Å². The summed E-state index contributed by atoms with van der Waals surface area (Å²) in [6.45, 7) is 0. The summed E-state index contributed by atoms with van der Waals surface area (Å²) in [5.74, 6) is -1.46. The average Bonchev–Trinajstić information content (AvgIpc) is 3.19. The van der Waals surface area contributed by atoms with E-state index in [-0.39, 0.29) is 11.4 Å². The van der Waals surface area contributed by atoms with E-state index in [1.807, 2.05) is 0 Å². The first-order chi connectivity index (χ1) is 12.1. The van der Waals surface area contributed by atoms with Gasteiger partial charge in [0.05, 0.1) is 18.4 Å². The van der Waals surface area contributed by atoms with Gasteiger partial charge in [-0.2, -0.15) is 20.7 Å². The van der Waals surface area contributed by atoms with Crippen LogP contribution in [0.25, 0.3) is 0 Å². The highest BCUT2D eigenvalue weighted by molar-refractivity contribution is 6.69. The average molecular weight is 341 g/mol. The predicted octanol–water partition coefficient (Wildman–Crippen LogP) is 0.0999. The zero-order chi connectivity index (χ0) is 18.2. The molecule has 1 atom stereocenters. The Bertz CT molecular complexity index is 826. The highest BCUT2D eigenvalue weighted by Gasteiger charge is 2.39. The second-order valence-corrected chi connectivity index (χ2v) is 4.54. The van der Waals surface area contributed by atoms with Gasteiger partial charge in [-0.1, -0.05) is 0 Å². The lowest BCUT2D eigenvalue weighted by molar-refractivity contribution is -0.120. The minimum atomic E-state index is -0.962. The molecule has 0 aromatic carbocycles. The predicted molar refractivity (Wildman–Crippen MR) is 81.9 cm³/mol. The highest BCUT2D eigenvalue weighted by Crippen LogP contribution is 2.26. The molecule has 3 N–H and O–H groups in total. The molecule has 0 saturated carbocycles. The number of nitrogens with one attached hydrogen (secondary N) is 3. The number of carbonyl (C=O) groups is 2. The number of nitrogens with zero attached hydrogens (tertiary/aromatic N) is 4. The molecule has 1 aliphatic heterocycles. The van der Waals surface area contributed by atoms with Crippen molar-refractivity contribution >= 4 is 29.1 Å². The number of hydrogen-bond acceptors (Lipinski definition) is 9. The van der Waals surface area contributed by atoms with Gasteiger partial charge in [0.2, 0.25) is 12.0 Å². The second kappa shape index (κ2) is 8.03. The van der Waals surface area contributed by atoms with Crippen molar-refractivity contribution in [2.24, 2.45) is 10.2 Å². The van der Waals surface area contributed by atoms with E-state index in [0.29, 0.717) is 5.76 Å². The van der Waals surface area contributed by atoms with Crippen LogP contribution in [-0.4, -0.2) is 29.1 Å². The molecular weight excluding hydrogens is 330 g/mol. The zero-order valence-electron chi connectivity index (χ0n) is 12.6. The van der Waals surface area contributed by atoms with E-state index in [9.17, 15) is 9.59 Å². The molecule has 2 rings (SSSR count). The first-order valence-electron chi connectivity index (χ1n) is 6.83. The molecule has 1 aromatic rings. The quantitative estimate of drug-likeness (QED) is 0.639. The number of hydrogen-bond donors (Lipinski definition) is 3. The molecule has 126 valence electrons. The third kappa shape index (κ3) is 4.27. The fourth-order valence-electron chi connectivity index (χ4n) is 1.79. The van der Waals surface area contributed by atoms with Gasteiger partial charge in [-0.05, 0) is 12.1 Å². The maximum Gasteiger partial charge on any atom is 0.254 e. The zero-order valence-corrected chi connectivity index (χ0v) is 12.6. The van der Waals surface area contributed by atoms with E-state index < -0.39 is 36.7 Å². The summed E-state index contributed by atoms with van der Waals surface area (Å²) in [4.78, 5) is 22.8. The Morgan fingerprint density at radius 2 is 1.84 bits per heavy atom. The molecule has 11 heteroatoms. The van der Waals surface area contributed by atoms with Crippen LogP contribution >= 0.6 is 0 Å². The number of carbonyl (C=O) groups excluding carboxylic acids is 2. The molecule has 1 fully saturated rings. The molecule has 1 aliphatic rings. The Morgan fingerprint density at radius 1 is 1.20 bits per heavy atom. The molecular formula is C14H11N7O4. The minimum absolute atomic E-state index is 0.00324. The summed E-state index contributed by atoms with van der Waals surface area (Å²) in [6.07, 6.45) is -0.404. The van der Waals surface area contributed by atoms with Gasteiger partial charge < -0.3 is 9.15 Å². The molecule has 2 heterocycles. The summed E-state index contributed by atoms with van der Waals surface area (Å²) in [6, 6.07) is 6.48. The fraction of sp³-hybridized carbons (Fsp3) is 0.214. The number of furan rings is 1. The maximum atomic E-state index is 11.4. The Morgan fingerprint density at radius 3 is 2.40 bits per heavy atom. The Kier molecular flexibility index (Phi) is 5.58. The van der Waals surface area contributed by atoms with E-state index >= 15 is 0 Å². The van der Waals surface area contributed by atoms with Crippen LogP contribution in [0.2, 0.25) is 0 Å². The molecule has 0 spiro atoms. The van der Waals surface area contributed by atoms with Crippen molar-refractivity contribution in [3.63, 3.8) is 0 Å². The normalized spacial score (nSPS) is 19.1. The van der Waals surface area contributed by atoms with Gasteiger partial charge in [-0.3, -0.25) is 15.0 Å². The van der Waals surface area contributed by atoms with Crippen molar-refractivity contribution in [3.05, 3.63) is 24.2 Å². The molecule has 0 aliphatic carbocycles. The second-order valence-electron chi connectivity index (χ2n) is 4.54. The van der Waals surface area contributed by atoms with Crippen LogP contribution in [0.4, 0.5) is 0 Å². The minimum Gasteiger partial charge on any atom is -0.465 e. The van der Waals surface area contributed by atoms with Crippen LogP contribution in [0.1, 0.15) is 24.7 Å². The number of rotatable bonds is 5. The van der Waals surface area contributed by atoms with E-state index in [1.165, 1.54) is 6.26 Å². The van der Waals surface area contributed by atoms with Gasteiger partial charge >= 0.3 is 0 Å². The molecule has 2 amide bonds. The van der Waals surface area contributed by atoms with Crippen LogP contribution in [0, 0.1) is 28.1 Å². The van der Waals surface area contributed by atoms with Gasteiger partial charge in [0.25, 0.3) is 11.8 Å². The van der Waals surface area contributed by atoms with Crippen LogP contribution in [0.5, 0.6) is 0 Å². The SMILES string of the molecule is N#CCC(=O)N/N=C1/C(=N)O[C@H](c2ccco2)/C1=N/NC(=O)CC#N. The summed E-state index contributed by atoms with van der Waals surface area (Å²) in [7, 11) is 0. The van der Waals surface area contributed by atoms with Crippen molar-refractivity contribution in [3.8, 4) is 12.1 Å². The molecule has 1 saturated heterocycles. The van der Waals surface area contributed by atoms with Gasteiger partial charge in [0.15, 0.2) is 11.5 Å². The van der Waals surface area contributed by atoms with Crippen molar-refractivity contribution in [1.29, 1.82) is 15.9 Å². The van der Waals surface area contributed by atoms with Crippen LogP contribution in [0.3, 0.4) is 0 Å². The third-order valence-electron chi connectivity index (χ3n) is 2.82. The molecule has 0 radical (unpaired) electrons. The molecule has 1 aromatic heterocycles. The first-order valence-corrected chi connectivity index (χ1v) is 6.83. The Labute approximate surface area is 141 Å². The largest absolute Gasteiger partial charge is 0.465 e. The van der Waals surface area contributed by atoms with E-state index in [2.05, 4.69) is 21.1 Å². The lowest BCUT2D eigenvalue weighted by atomic mass is 10.1. The number of ether oxygens (including phenoxy) is 1. The van der Waals surface area contributed by atoms with Crippen molar-refractivity contribution in [2.75, 3.05) is 0 Å². The summed E-state index contributed by atoms with van der Waals surface area (Å²) >= 11 is 0. The van der Waals surface area contributed by atoms with Gasteiger partial charge in [0, 0.05) is 0 Å². The number of hydrazone groups is 2. The van der Waals surface area contributed by atoms with Crippen LogP contribution in [-0.2, 0) is 14.3 Å². The Balaban J connectivity index is 2.30. The topological polar surface area (TPSA) is 177 Å². The third-order valence-corrected chi connectivity index (χ3v) is 2.82. The number of amides is 2. The highest BCUT2D eigenvalue weighted by atomic mass is 16.5. The Hall–Kier alpha value is -3.99. The van der Waals surface area contributed by atoms with E-state index in [0.717, 1.165) is 0 Å². The molecule has 11 nitrogen and oxygen atoms in total. The molecule has 25 heavy (non-hydrogen) atoms. The molecule has 0 unspecified atom stereocenters. The first kappa shape index (κ1) is 17.4. The van der Waals surface area contributed by atoms with Crippen molar-refractivity contribution in [2.45, 2.75) is 18.9 Å². The smallest absolute Gasteiger partial charge is 0.254 e. The van der Waals surface area contributed by atoms with Gasteiger partial charge in [0.1, 0.15) is 18.6 Å². The van der Waals surface area contributed by atoms with Gasteiger partial charge in [-0.15, -0.1) is 0 Å². The monoisotopic (exact) mass is 341 g/mol. The fourth-order valence-corrected chi connectivity index (χ4v) is 1.79. The summed E-state index contributed by atoms with van der Waals surface area (Å²) in [5, 5.41) is 32.3. The van der Waals surface area contributed by atoms with Crippen molar-refractivity contribution < 1.29 is 18.7 Å². The summed E-state index contributed by atoms with van der Waals surface area (Å²) in [5.41, 5.74) is 4.09. The lowest BCUT2D eigenvalue weighted by Gasteiger charge is -2.06. The standard InChI is InChI=1S/C14H11N7O4/c15-5-3-9(22)18-20-11-12(21-19-10(23)4-6-16)14(17)25-13(11)8-2-1-7-24-8/h1-2,7,13,17H,3-4H2,(H,18,22)(H,19,23)/b17-14?,20-11+,21-12+/t13-/m1/s1. The summed E-state index contributed by atoms with van der Waals surface area (Å²) < 4.78 is 10.5. The molecule has 0 bridgehead atoms. The maximum absolute atomic E-state index is 11.4. The lowest BCUT2D eigenvalue weighted by Crippen LogP contribution is -2.27. The van der Waals surface area contributed by atoms with Crippen molar-refractivity contribution in [1.82, 2.24) is 10.9 Å². The van der Waals surface area contributed by atoms with E-state index in [4.69, 9.17) is 25.1 Å². The van der Waals surface area contributed by atoms with Crippen LogP contribution in [0.15, 0.2) is 33.0 Å².